The zero-order chi connectivity index (χ0) is 23.0. The summed E-state index contributed by atoms with van der Waals surface area (Å²) < 4.78 is 0. The van der Waals surface area contributed by atoms with Crippen LogP contribution in [0.1, 0.15) is 24.0 Å². The third kappa shape index (κ3) is 3.78. The van der Waals surface area contributed by atoms with Gasteiger partial charge in [0.1, 0.15) is 5.70 Å². The van der Waals surface area contributed by atoms with Gasteiger partial charge in [-0.1, -0.05) is 18.2 Å². The SMILES string of the molecule is Cc1ccccc1N1C(=O)C(c2ccc([N+](=O)[O-])cc2)=C(N(C)C2CCN(C)CC2)C1=O. The Kier molecular flexibility index (Phi) is 5.80. The molecule has 8 heteroatoms. The fourth-order valence-electron chi connectivity index (χ4n) is 4.45. The van der Waals surface area contributed by atoms with Gasteiger partial charge in [0.15, 0.2) is 0 Å². The smallest absolute Gasteiger partial charge is 0.282 e. The first-order chi connectivity index (χ1) is 15.3. The van der Waals surface area contributed by atoms with E-state index in [2.05, 4.69) is 11.9 Å². The molecular formula is C24H26N4O4. The highest BCUT2D eigenvalue weighted by molar-refractivity contribution is 6.45. The fourth-order valence-corrected chi connectivity index (χ4v) is 4.45. The molecule has 4 rings (SSSR count). The van der Waals surface area contributed by atoms with E-state index in [0.717, 1.165) is 31.5 Å². The highest BCUT2D eigenvalue weighted by Gasteiger charge is 2.43. The highest BCUT2D eigenvalue weighted by atomic mass is 16.6. The van der Waals surface area contributed by atoms with Crippen LogP contribution < -0.4 is 4.90 Å². The van der Waals surface area contributed by atoms with Crippen molar-refractivity contribution in [2.45, 2.75) is 25.8 Å². The predicted molar refractivity (Wildman–Crippen MR) is 122 cm³/mol. The van der Waals surface area contributed by atoms with Crippen LogP contribution in [0.15, 0.2) is 54.2 Å². The molecular weight excluding hydrogens is 408 g/mol. The number of nitrogens with zero attached hydrogens (tertiary/aromatic N) is 4. The molecule has 0 radical (unpaired) electrons. The average molecular weight is 434 g/mol. The molecule has 2 aromatic carbocycles. The monoisotopic (exact) mass is 434 g/mol. The quantitative estimate of drug-likeness (QED) is 0.408. The number of hydrogen-bond donors (Lipinski definition) is 0. The van der Waals surface area contributed by atoms with Gasteiger partial charge in [0.05, 0.1) is 16.2 Å². The molecule has 32 heavy (non-hydrogen) atoms. The topological polar surface area (TPSA) is 87.0 Å². The number of piperidine rings is 1. The van der Waals surface area contributed by atoms with Gasteiger partial charge >= 0.3 is 0 Å². The van der Waals surface area contributed by atoms with E-state index >= 15 is 0 Å². The van der Waals surface area contributed by atoms with Crippen LogP contribution in [0, 0.1) is 17.0 Å². The van der Waals surface area contributed by atoms with Crippen molar-refractivity contribution in [1.82, 2.24) is 9.80 Å². The first kappa shape index (κ1) is 21.7. The van der Waals surface area contributed by atoms with Crippen LogP contribution in [0.25, 0.3) is 5.57 Å². The Morgan fingerprint density at radius 2 is 1.62 bits per heavy atom. The molecule has 2 aromatic rings. The number of carbonyl (C=O) groups is 2. The lowest BCUT2D eigenvalue weighted by Gasteiger charge is -2.36. The lowest BCUT2D eigenvalue weighted by molar-refractivity contribution is -0.384. The van der Waals surface area contributed by atoms with E-state index in [1.54, 1.807) is 24.3 Å². The Morgan fingerprint density at radius 1 is 1.00 bits per heavy atom. The van der Waals surface area contributed by atoms with E-state index < -0.39 is 10.8 Å². The Morgan fingerprint density at radius 3 is 2.22 bits per heavy atom. The third-order valence-corrected chi connectivity index (χ3v) is 6.37. The van der Waals surface area contributed by atoms with Crippen molar-refractivity contribution in [3.63, 3.8) is 0 Å². The van der Waals surface area contributed by atoms with Crippen LogP contribution in [-0.2, 0) is 9.59 Å². The number of amides is 2. The molecule has 2 heterocycles. The van der Waals surface area contributed by atoms with E-state index in [-0.39, 0.29) is 23.2 Å². The van der Waals surface area contributed by atoms with Crippen molar-refractivity contribution in [1.29, 1.82) is 0 Å². The summed E-state index contributed by atoms with van der Waals surface area (Å²) in [5.41, 5.74) is 2.44. The molecule has 0 saturated carbocycles. The van der Waals surface area contributed by atoms with Gasteiger partial charge in [-0.3, -0.25) is 19.7 Å². The van der Waals surface area contributed by atoms with Gasteiger partial charge in [-0.25, -0.2) is 4.90 Å². The van der Waals surface area contributed by atoms with Crippen LogP contribution in [0.3, 0.4) is 0 Å². The molecule has 1 saturated heterocycles. The number of rotatable bonds is 5. The van der Waals surface area contributed by atoms with Crippen LogP contribution >= 0.6 is 0 Å². The van der Waals surface area contributed by atoms with Gasteiger partial charge in [-0.05, 0) is 69.2 Å². The second-order valence-corrected chi connectivity index (χ2v) is 8.41. The largest absolute Gasteiger partial charge is 0.366 e. The number of para-hydroxylation sites is 1. The minimum Gasteiger partial charge on any atom is -0.366 e. The Hall–Kier alpha value is -3.52. The Balaban J connectivity index is 1.80. The second-order valence-electron chi connectivity index (χ2n) is 8.41. The summed E-state index contributed by atoms with van der Waals surface area (Å²) in [4.78, 5) is 43.3. The highest BCUT2D eigenvalue weighted by Crippen LogP contribution is 2.37. The van der Waals surface area contributed by atoms with E-state index in [0.29, 0.717) is 16.9 Å². The number of anilines is 1. The van der Waals surface area contributed by atoms with Crippen molar-refractivity contribution in [3.05, 3.63) is 75.5 Å². The molecule has 0 unspecified atom stereocenters. The number of benzene rings is 2. The maximum Gasteiger partial charge on any atom is 0.282 e. The molecule has 2 aliphatic rings. The molecule has 0 aliphatic carbocycles. The maximum absolute atomic E-state index is 13.7. The lowest BCUT2D eigenvalue weighted by atomic mass is 10.00. The summed E-state index contributed by atoms with van der Waals surface area (Å²) in [5.74, 6) is -0.771. The molecule has 2 aliphatic heterocycles. The van der Waals surface area contributed by atoms with Gasteiger partial charge in [0.25, 0.3) is 17.5 Å². The van der Waals surface area contributed by atoms with E-state index in [4.69, 9.17) is 0 Å². The van der Waals surface area contributed by atoms with Gasteiger partial charge in [0, 0.05) is 25.2 Å². The number of likely N-dealkylation sites (tertiary alicyclic amines) is 1. The maximum atomic E-state index is 13.7. The zero-order valence-electron chi connectivity index (χ0n) is 18.4. The van der Waals surface area contributed by atoms with Gasteiger partial charge in [-0.2, -0.15) is 0 Å². The third-order valence-electron chi connectivity index (χ3n) is 6.37. The first-order valence-corrected chi connectivity index (χ1v) is 10.6. The van der Waals surface area contributed by atoms with Crippen LogP contribution in [0.5, 0.6) is 0 Å². The number of imide groups is 1. The molecule has 0 atom stereocenters. The van der Waals surface area contributed by atoms with Crippen molar-refractivity contribution in [2.24, 2.45) is 0 Å². The van der Waals surface area contributed by atoms with Crippen molar-refractivity contribution in [2.75, 3.05) is 32.1 Å². The van der Waals surface area contributed by atoms with Gasteiger partial charge in [0.2, 0.25) is 0 Å². The van der Waals surface area contributed by atoms with Crippen LogP contribution in [0.2, 0.25) is 0 Å². The average Bonchev–Trinajstić information content (AvgIpc) is 3.04. The number of non-ortho nitro benzene ring substituents is 1. The summed E-state index contributed by atoms with van der Waals surface area (Å²) in [7, 11) is 3.94. The summed E-state index contributed by atoms with van der Waals surface area (Å²) in [6, 6.07) is 13.2. The molecule has 0 spiro atoms. The van der Waals surface area contributed by atoms with Gasteiger partial charge < -0.3 is 9.80 Å². The standard InChI is InChI=1S/C24H26N4O4/c1-16-6-4-5-7-20(16)27-23(29)21(17-8-10-19(11-9-17)28(31)32)22(24(27)30)26(3)18-12-14-25(2)15-13-18/h4-11,18H,12-15H2,1-3H3. The van der Waals surface area contributed by atoms with Crippen molar-refractivity contribution < 1.29 is 14.5 Å². The summed E-state index contributed by atoms with van der Waals surface area (Å²) in [6.07, 6.45) is 1.77. The molecule has 0 aromatic heterocycles. The van der Waals surface area contributed by atoms with Gasteiger partial charge in [-0.15, -0.1) is 0 Å². The molecule has 0 N–H and O–H groups in total. The zero-order valence-corrected chi connectivity index (χ0v) is 18.4. The summed E-state index contributed by atoms with van der Waals surface area (Å²) in [6.45, 7) is 3.69. The number of hydrogen-bond acceptors (Lipinski definition) is 6. The van der Waals surface area contributed by atoms with E-state index in [9.17, 15) is 19.7 Å². The Bertz CT molecular complexity index is 1100. The number of nitro groups is 1. The minimum absolute atomic E-state index is 0.0629. The van der Waals surface area contributed by atoms with Crippen molar-refractivity contribution >= 4 is 28.8 Å². The summed E-state index contributed by atoms with van der Waals surface area (Å²) >= 11 is 0. The van der Waals surface area contributed by atoms with Crippen LogP contribution in [-0.4, -0.2) is 59.8 Å². The second kappa shape index (κ2) is 8.55. The number of aryl methyl sites for hydroxylation is 1. The Labute approximate surface area is 186 Å². The van der Waals surface area contributed by atoms with Crippen LogP contribution in [0.4, 0.5) is 11.4 Å². The van der Waals surface area contributed by atoms with Crippen molar-refractivity contribution in [3.8, 4) is 0 Å². The van der Waals surface area contributed by atoms with E-state index in [1.807, 2.05) is 31.0 Å². The van der Waals surface area contributed by atoms with E-state index in [1.165, 1.54) is 17.0 Å². The number of likely N-dealkylation sites (N-methyl/N-ethyl adjacent to an activating group) is 1. The first-order valence-electron chi connectivity index (χ1n) is 10.6. The predicted octanol–water partition coefficient (Wildman–Crippen LogP) is 3.21. The number of nitro benzene ring substituents is 1. The fraction of sp³-hybridized carbons (Fsp3) is 0.333. The summed E-state index contributed by atoms with van der Waals surface area (Å²) in [5, 5.41) is 11.1. The molecule has 0 bridgehead atoms. The number of carbonyl (C=O) groups excluding carboxylic acids is 2. The normalized spacial score (nSPS) is 17.9. The molecule has 166 valence electrons. The lowest BCUT2D eigenvalue weighted by Crippen LogP contribution is -2.43. The minimum atomic E-state index is -0.481. The molecule has 8 nitrogen and oxygen atoms in total. The molecule has 2 amide bonds. The molecule has 1 fully saturated rings.